The Bertz CT molecular complexity index is 448. The van der Waals surface area contributed by atoms with E-state index in [1.54, 1.807) is 12.1 Å². The van der Waals surface area contributed by atoms with Crippen molar-refractivity contribution in [2.24, 2.45) is 0 Å². The summed E-state index contributed by atoms with van der Waals surface area (Å²) in [5, 5.41) is 0. The number of carbonyl (C=O) groups is 1. The summed E-state index contributed by atoms with van der Waals surface area (Å²) < 4.78 is 25.4. The van der Waals surface area contributed by atoms with E-state index >= 15 is 0 Å². The second kappa shape index (κ2) is 4.55. The zero-order valence-corrected chi connectivity index (χ0v) is 9.47. The largest absolute Gasteiger partial charge is 0.299 e. The molecule has 0 unspecified atom stereocenters. The molecular formula is C10H13NO3S. The number of sulfonamides is 1. The highest BCUT2D eigenvalue weighted by Gasteiger charge is 2.13. The Kier molecular flexibility index (Phi) is 3.60. The van der Waals surface area contributed by atoms with Crippen LogP contribution in [0.4, 0.5) is 0 Å². The first-order chi connectivity index (χ1) is 6.92. The van der Waals surface area contributed by atoms with Gasteiger partial charge in [-0.2, -0.15) is 0 Å². The predicted octanol–water partition coefficient (Wildman–Crippen LogP) is 0.862. The molecule has 0 heterocycles. The third-order valence-electron chi connectivity index (χ3n) is 1.84. The summed E-state index contributed by atoms with van der Waals surface area (Å²) >= 11 is 0. The van der Waals surface area contributed by atoms with E-state index in [2.05, 4.69) is 4.72 Å². The molecule has 1 aromatic carbocycles. The number of rotatable bonds is 4. The minimum atomic E-state index is -3.54. The summed E-state index contributed by atoms with van der Waals surface area (Å²) in [5.74, 6) is -0.217. The van der Waals surface area contributed by atoms with E-state index in [9.17, 15) is 13.2 Å². The number of Topliss-reactive ketones (excluding diaryl/α,β-unsaturated/α-hetero) is 1. The number of nitrogens with one attached hydrogen (secondary N) is 1. The van der Waals surface area contributed by atoms with Crippen LogP contribution in [0.2, 0.25) is 0 Å². The Morgan fingerprint density at radius 2 is 1.80 bits per heavy atom. The van der Waals surface area contributed by atoms with Gasteiger partial charge in [-0.15, -0.1) is 0 Å². The lowest BCUT2D eigenvalue weighted by molar-refractivity contribution is -0.115. The molecule has 0 aliphatic rings. The molecule has 1 rings (SSSR count). The second-order valence-corrected chi connectivity index (χ2v) is 5.11. The highest BCUT2D eigenvalue weighted by molar-refractivity contribution is 7.89. The van der Waals surface area contributed by atoms with Crippen molar-refractivity contribution in [2.45, 2.75) is 18.7 Å². The maximum absolute atomic E-state index is 11.6. The SMILES string of the molecule is CC(=O)CNS(=O)(=O)c1ccc(C)cc1. The zero-order valence-electron chi connectivity index (χ0n) is 8.65. The van der Waals surface area contributed by atoms with Gasteiger partial charge in [-0.1, -0.05) is 17.7 Å². The Hall–Kier alpha value is -1.20. The molecule has 0 bridgehead atoms. The molecule has 0 fully saturated rings. The highest BCUT2D eigenvalue weighted by Crippen LogP contribution is 2.09. The van der Waals surface area contributed by atoms with Crippen LogP contribution in [0.1, 0.15) is 12.5 Å². The van der Waals surface area contributed by atoms with Gasteiger partial charge in [0.05, 0.1) is 11.4 Å². The maximum atomic E-state index is 11.6. The van der Waals surface area contributed by atoms with Crippen LogP contribution in [-0.4, -0.2) is 20.7 Å². The van der Waals surface area contributed by atoms with Crippen molar-refractivity contribution >= 4 is 15.8 Å². The number of ketones is 1. The van der Waals surface area contributed by atoms with Crippen molar-refractivity contribution in [3.8, 4) is 0 Å². The van der Waals surface area contributed by atoms with E-state index in [1.807, 2.05) is 6.92 Å². The molecule has 1 aromatic rings. The van der Waals surface area contributed by atoms with Crippen molar-refractivity contribution in [3.05, 3.63) is 29.8 Å². The molecule has 0 saturated carbocycles. The molecule has 82 valence electrons. The predicted molar refractivity (Wildman–Crippen MR) is 57.0 cm³/mol. The van der Waals surface area contributed by atoms with Gasteiger partial charge in [-0.3, -0.25) is 4.79 Å². The van der Waals surface area contributed by atoms with Gasteiger partial charge in [0.15, 0.2) is 0 Å². The summed E-state index contributed by atoms with van der Waals surface area (Å²) in [4.78, 5) is 10.8. The quantitative estimate of drug-likeness (QED) is 0.829. The summed E-state index contributed by atoms with van der Waals surface area (Å²) in [7, 11) is -3.54. The number of hydrogen-bond donors (Lipinski definition) is 1. The molecule has 0 spiro atoms. The maximum Gasteiger partial charge on any atom is 0.240 e. The number of aryl methyl sites for hydroxylation is 1. The molecule has 0 atom stereocenters. The van der Waals surface area contributed by atoms with E-state index in [-0.39, 0.29) is 17.2 Å². The molecule has 15 heavy (non-hydrogen) atoms. The first-order valence-electron chi connectivity index (χ1n) is 4.47. The molecule has 1 N–H and O–H groups in total. The molecule has 0 aromatic heterocycles. The molecule has 4 nitrogen and oxygen atoms in total. The second-order valence-electron chi connectivity index (χ2n) is 3.34. The lowest BCUT2D eigenvalue weighted by Gasteiger charge is -2.04. The van der Waals surface area contributed by atoms with Crippen molar-refractivity contribution in [3.63, 3.8) is 0 Å². The van der Waals surface area contributed by atoms with Gasteiger partial charge in [-0.25, -0.2) is 13.1 Å². The van der Waals surface area contributed by atoms with Gasteiger partial charge in [-0.05, 0) is 26.0 Å². The number of hydrogen-bond acceptors (Lipinski definition) is 3. The van der Waals surface area contributed by atoms with Gasteiger partial charge < -0.3 is 0 Å². The third kappa shape index (κ3) is 3.45. The van der Waals surface area contributed by atoms with E-state index in [4.69, 9.17) is 0 Å². The molecule has 0 aliphatic heterocycles. The molecular weight excluding hydrogens is 214 g/mol. The first kappa shape index (κ1) is 11.9. The number of carbonyl (C=O) groups excluding carboxylic acids is 1. The van der Waals surface area contributed by atoms with Crippen molar-refractivity contribution in [2.75, 3.05) is 6.54 Å². The first-order valence-corrected chi connectivity index (χ1v) is 5.96. The topological polar surface area (TPSA) is 63.2 Å². The fraction of sp³-hybridized carbons (Fsp3) is 0.300. The van der Waals surface area contributed by atoms with E-state index in [1.165, 1.54) is 19.1 Å². The third-order valence-corrected chi connectivity index (χ3v) is 3.26. The monoisotopic (exact) mass is 227 g/mol. The van der Waals surface area contributed by atoms with E-state index < -0.39 is 10.0 Å². The average molecular weight is 227 g/mol. The fourth-order valence-corrected chi connectivity index (χ4v) is 2.05. The Labute approximate surface area is 89.4 Å². The van der Waals surface area contributed by atoms with E-state index in [0.717, 1.165) is 5.56 Å². The van der Waals surface area contributed by atoms with Crippen molar-refractivity contribution in [1.29, 1.82) is 0 Å². The number of benzene rings is 1. The Morgan fingerprint density at radius 3 is 2.27 bits per heavy atom. The lowest BCUT2D eigenvalue weighted by Crippen LogP contribution is -2.28. The van der Waals surface area contributed by atoms with Crippen molar-refractivity contribution < 1.29 is 13.2 Å². The Morgan fingerprint density at radius 1 is 1.27 bits per heavy atom. The normalized spacial score (nSPS) is 11.3. The highest BCUT2D eigenvalue weighted by atomic mass is 32.2. The van der Waals surface area contributed by atoms with Crippen LogP contribution in [0.25, 0.3) is 0 Å². The fourth-order valence-electron chi connectivity index (χ4n) is 0.997. The minimum absolute atomic E-state index is 0.170. The molecule has 0 amide bonds. The van der Waals surface area contributed by atoms with Gasteiger partial charge in [0.2, 0.25) is 10.0 Å². The van der Waals surface area contributed by atoms with Crippen LogP contribution in [-0.2, 0) is 14.8 Å². The van der Waals surface area contributed by atoms with Crippen LogP contribution in [0.5, 0.6) is 0 Å². The smallest absolute Gasteiger partial charge is 0.240 e. The summed E-state index contributed by atoms with van der Waals surface area (Å²) in [6.07, 6.45) is 0. The lowest BCUT2D eigenvalue weighted by atomic mass is 10.2. The molecule has 0 saturated heterocycles. The molecule has 0 radical (unpaired) electrons. The van der Waals surface area contributed by atoms with E-state index in [0.29, 0.717) is 0 Å². The van der Waals surface area contributed by atoms with Gasteiger partial charge in [0.1, 0.15) is 5.78 Å². The minimum Gasteiger partial charge on any atom is -0.299 e. The Balaban J connectivity index is 2.87. The summed E-state index contributed by atoms with van der Waals surface area (Å²) in [6.45, 7) is 3.03. The average Bonchev–Trinajstić information content (AvgIpc) is 2.16. The zero-order chi connectivity index (χ0) is 11.5. The molecule has 5 heteroatoms. The van der Waals surface area contributed by atoms with Crippen LogP contribution >= 0.6 is 0 Å². The van der Waals surface area contributed by atoms with Gasteiger partial charge in [0.25, 0.3) is 0 Å². The van der Waals surface area contributed by atoms with Crippen LogP contribution < -0.4 is 4.72 Å². The summed E-state index contributed by atoms with van der Waals surface area (Å²) in [6, 6.07) is 6.44. The van der Waals surface area contributed by atoms with Crippen molar-refractivity contribution in [1.82, 2.24) is 4.72 Å². The van der Waals surface area contributed by atoms with Crippen LogP contribution in [0, 0.1) is 6.92 Å². The van der Waals surface area contributed by atoms with Gasteiger partial charge in [0, 0.05) is 0 Å². The standard InChI is InChI=1S/C10H13NO3S/c1-8-3-5-10(6-4-8)15(13,14)11-7-9(2)12/h3-6,11H,7H2,1-2H3. The van der Waals surface area contributed by atoms with Crippen LogP contribution in [0.3, 0.4) is 0 Å². The molecule has 0 aliphatic carbocycles. The van der Waals surface area contributed by atoms with Gasteiger partial charge >= 0.3 is 0 Å². The van der Waals surface area contributed by atoms with Crippen LogP contribution in [0.15, 0.2) is 29.2 Å². The summed E-state index contributed by atoms with van der Waals surface area (Å²) in [5.41, 5.74) is 0.987.